The van der Waals surface area contributed by atoms with Crippen LogP contribution >= 0.6 is 0 Å². The first kappa shape index (κ1) is 18.2. The Morgan fingerprint density at radius 2 is 1.86 bits per heavy atom. The molecule has 2 heterocycles. The molecular weight excluding hydrogens is 358 g/mol. The van der Waals surface area contributed by atoms with Gasteiger partial charge in [-0.2, -0.15) is 0 Å². The van der Waals surface area contributed by atoms with E-state index in [-0.39, 0.29) is 34.9 Å². The van der Waals surface area contributed by atoms with Gasteiger partial charge in [-0.3, -0.25) is 19.5 Å². The van der Waals surface area contributed by atoms with Gasteiger partial charge in [-0.15, -0.1) is 0 Å². The lowest BCUT2D eigenvalue weighted by atomic mass is 9.81. The highest BCUT2D eigenvalue weighted by Crippen LogP contribution is 2.40. The summed E-state index contributed by atoms with van der Waals surface area (Å²) in [6.07, 6.45) is 6.65. The number of carboxylic acid groups (broad SMARTS) is 1. The third-order valence-electron chi connectivity index (χ3n) is 5.53. The first-order chi connectivity index (χ1) is 13.6. The zero-order chi connectivity index (χ0) is 19.7. The summed E-state index contributed by atoms with van der Waals surface area (Å²) in [6.45, 7) is 0.388. The number of carbonyl (C=O) groups excluding carboxylic acids is 3. The number of rotatable bonds is 5. The lowest BCUT2D eigenvalue weighted by Crippen LogP contribution is -2.31. The van der Waals surface area contributed by atoms with Crippen LogP contribution in [0.2, 0.25) is 0 Å². The van der Waals surface area contributed by atoms with Crippen molar-refractivity contribution in [3.63, 3.8) is 0 Å². The second-order valence-electron chi connectivity index (χ2n) is 7.24. The van der Waals surface area contributed by atoms with Crippen LogP contribution in [0, 0.1) is 11.8 Å². The Labute approximate surface area is 162 Å². The molecule has 1 aromatic heterocycles. The fraction of sp³-hybridized carbons (Fsp3) is 0.333. The number of hydrogen-bond acceptors (Lipinski definition) is 6. The molecule has 0 spiro atoms. The van der Waals surface area contributed by atoms with Crippen molar-refractivity contribution in [1.82, 2.24) is 4.98 Å². The molecule has 1 saturated heterocycles. The third kappa shape index (κ3) is 3.24. The maximum absolute atomic E-state index is 12.7. The quantitative estimate of drug-likeness (QED) is 0.795. The van der Waals surface area contributed by atoms with Crippen LogP contribution in [-0.4, -0.2) is 22.8 Å². The molecule has 1 saturated carbocycles. The van der Waals surface area contributed by atoms with Crippen LogP contribution in [0.15, 0.2) is 42.7 Å². The van der Waals surface area contributed by atoms with Crippen LogP contribution in [0.5, 0.6) is 0 Å². The van der Waals surface area contributed by atoms with Gasteiger partial charge in [0.2, 0.25) is 11.8 Å². The minimum atomic E-state index is -1.37. The van der Waals surface area contributed by atoms with E-state index in [1.54, 1.807) is 30.6 Å². The average Bonchev–Trinajstić information content (AvgIpc) is 2.98. The molecule has 0 radical (unpaired) electrons. The number of nitrogens with one attached hydrogen (secondary N) is 1. The van der Waals surface area contributed by atoms with Crippen molar-refractivity contribution < 1.29 is 19.5 Å². The molecule has 1 aliphatic carbocycles. The SMILES string of the molecule is O=C([O-])c1cc(N2C(=O)[C@H]3CCCC[C@@H]3C2=O)ccc1NCc1cccnc1. The minimum Gasteiger partial charge on any atom is -0.545 e. The van der Waals surface area contributed by atoms with Gasteiger partial charge in [0.25, 0.3) is 0 Å². The highest BCUT2D eigenvalue weighted by molar-refractivity contribution is 6.22. The molecule has 7 heteroatoms. The van der Waals surface area contributed by atoms with Crippen LogP contribution in [0.4, 0.5) is 11.4 Å². The smallest absolute Gasteiger partial charge is 0.237 e. The standard InChI is InChI=1S/C21H21N3O4/c25-19-15-5-1-2-6-16(15)20(26)24(19)14-7-8-18(17(10-14)21(27)28)23-12-13-4-3-9-22-11-13/h3-4,7-11,15-16,23H,1-2,5-6,12H2,(H,27,28)/p-1/t15-,16-/m0/s1. The summed E-state index contributed by atoms with van der Waals surface area (Å²) in [4.78, 5) is 42.3. The molecular formula is C21H20N3O4-. The Morgan fingerprint density at radius 3 is 2.46 bits per heavy atom. The molecule has 2 amide bonds. The van der Waals surface area contributed by atoms with Gasteiger partial charge in [0.1, 0.15) is 0 Å². The van der Waals surface area contributed by atoms with E-state index in [1.807, 2.05) is 6.07 Å². The van der Waals surface area contributed by atoms with Gasteiger partial charge in [0.15, 0.2) is 0 Å². The van der Waals surface area contributed by atoms with E-state index < -0.39 is 5.97 Å². The Morgan fingerprint density at radius 1 is 1.14 bits per heavy atom. The molecule has 4 rings (SSSR count). The number of aromatic carboxylic acids is 1. The summed E-state index contributed by atoms with van der Waals surface area (Å²) in [5.41, 5.74) is 1.46. The molecule has 144 valence electrons. The van der Waals surface area contributed by atoms with E-state index in [9.17, 15) is 19.5 Å². The van der Waals surface area contributed by atoms with Crippen molar-refractivity contribution >= 4 is 29.2 Å². The molecule has 2 fully saturated rings. The van der Waals surface area contributed by atoms with E-state index in [2.05, 4.69) is 10.3 Å². The third-order valence-corrected chi connectivity index (χ3v) is 5.53. The Bertz CT molecular complexity index is 905. The maximum atomic E-state index is 12.7. The fourth-order valence-electron chi connectivity index (χ4n) is 4.11. The van der Waals surface area contributed by atoms with E-state index in [0.29, 0.717) is 25.1 Å². The van der Waals surface area contributed by atoms with Crippen molar-refractivity contribution in [2.75, 3.05) is 10.2 Å². The number of imide groups is 1. The molecule has 28 heavy (non-hydrogen) atoms. The number of pyridine rings is 1. The topological polar surface area (TPSA) is 102 Å². The van der Waals surface area contributed by atoms with Crippen LogP contribution in [0.1, 0.15) is 41.6 Å². The monoisotopic (exact) mass is 378 g/mol. The predicted octanol–water partition coefficient (Wildman–Crippen LogP) is 1.74. The summed E-state index contributed by atoms with van der Waals surface area (Å²) in [6, 6.07) is 8.18. The van der Waals surface area contributed by atoms with Gasteiger partial charge in [0.05, 0.1) is 23.5 Å². The van der Waals surface area contributed by atoms with Gasteiger partial charge in [-0.25, -0.2) is 0 Å². The fourth-order valence-corrected chi connectivity index (χ4v) is 4.11. The molecule has 1 aliphatic heterocycles. The zero-order valence-electron chi connectivity index (χ0n) is 15.3. The molecule has 1 aromatic carbocycles. The minimum absolute atomic E-state index is 0.0862. The summed E-state index contributed by atoms with van der Waals surface area (Å²) < 4.78 is 0. The largest absolute Gasteiger partial charge is 0.545 e. The van der Waals surface area contributed by atoms with Crippen molar-refractivity contribution in [2.45, 2.75) is 32.2 Å². The van der Waals surface area contributed by atoms with Crippen LogP contribution in [0.3, 0.4) is 0 Å². The first-order valence-electron chi connectivity index (χ1n) is 9.42. The summed E-state index contributed by atoms with van der Waals surface area (Å²) in [5, 5.41) is 14.7. The van der Waals surface area contributed by atoms with Gasteiger partial charge in [0, 0.05) is 30.2 Å². The predicted molar refractivity (Wildman–Crippen MR) is 100 cm³/mol. The molecule has 0 bridgehead atoms. The number of benzene rings is 1. The highest BCUT2D eigenvalue weighted by atomic mass is 16.4. The lowest BCUT2D eigenvalue weighted by molar-refractivity contribution is -0.254. The molecule has 7 nitrogen and oxygen atoms in total. The van der Waals surface area contributed by atoms with E-state index in [1.165, 1.54) is 6.07 Å². The normalized spacial score (nSPS) is 21.5. The van der Waals surface area contributed by atoms with E-state index in [4.69, 9.17) is 0 Å². The van der Waals surface area contributed by atoms with Crippen LogP contribution < -0.4 is 15.3 Å². The number of anilines is 2. The first-order valence-corrected chi connectivity index (χ1v) is 9.42. The molecule has 2 aromatic rings. The highest BCUT2D eigenvalue weighted by Gasteiger charge is 2.48. The van der Waals surface area contributed by atoms with Gasteiger partial charge in [-0.05, 0) is 42.7 Å². The van der Waals surface area contributed by atoms with Crippen molar-refractivity contribution in [2.24, 2.45) is 11.8 Å². The van der Waals surface area contributed by atoms with Crippen molar-refractivity contribution in [1.29, 1.82) is 0 Å². The summed E-state index contributed by atoms with van der Waals surface area (Å²) in [7, 11) is 0. The average molecular weight is 378 g/mol. The Kier molecular flexibility index (Phi) is 4.81. The van der Waals surface area contributed by atoms with Gasteiger partial charge in [-0.1, -0.05) is 18.9 Å². The number of amides is 2. The number of carboxylic acids is 1. The number of carbonyl (C=O) groups is 3. The second kappa shape index (κ2) is 7.42. The summed E-state index contributed by atoms with van der Waals surface area (Å²) in [5.74, 6) is -2.38. The van der Waals surface area contributed by atoms with Crippen molar-refractivity contribution in [3.05, 3.63) is 53.9 Å². The van der Waals surface area contributed by atoms with E-state index >= 15 is 0 Å². The lowest BCUT2D eigenvalue weighted by Gasteiger charge is -2.19. The second-order valence-corrected chi connectivity index (χ2v) is 7.24. The van der Waals surface area contributed by atoms with Crippen molar-refractivity contribution in [3.8, 4) is 0 Å². The zero-order valence-corrected chi connectivity index (χ0v) is 15.3. The molecule has 1 N–H and O–H groups in total. The van der Waals surface area contributed by atoms with Crippen LogP contribution in [0.25, 0.3) is 0 Å². The molecule has 2 aliphatic rings. The van der Waals surface area contributed by atoms with Gasteiger partial charge >= 0.3 is 0 Å². The Balaban J connectivity index is 1.60. The molecule has 0 unspecified atom stereocenters. The number of nitrogens with zero attached hydrogens (tertiary/aromatic N) is 2. The number of fused-ring (bicyclic) bond motifs is 1. The maximum Gasteiger partial charge on any atom is 0.237 e. The van der Waals surface area contributed by atoms with E-state index in [0.717, 1.165) is 23.3 Å². The summed E-state index contributed by atoms with van der Waals surface area (Å²) >= 11 is 0. The molecule has 2 atom stereocenters. The number of aromatic nitrogens is 1. The number of hydrogen-bond donors (Lipinski definition) is 1. The van der Waals surface area contributed by atoms with Gasteiger partial charge < -0.3 is 15.2 Å². The Hall–Kier alpha value is -3.22. The van der Waals surface area contributed by atoms with Crippen LogP contribution in [-0.2, 0) is 16.1 Å².